The number of aromatic nitrogens is 2. The molecule has 2 N–H and O–H groups in total. The molecule has 3 aromatic rings. The van der Waals surface area contributed by atoms with Crippen molar-refractivity contribution in [2.75, 3.05) is 30.8 Å². The summed E-state index contributed by atoms with van der Waals surface area (Å²) in [6.45, 7) is 7.18. The molecule has 8 nitrogen and oxygen atoms in total. The van der Waals surface area contributed by atoms with Gasteiger partial charge in [0, 0.05) is 36.3 Å². The molecular formula is C24H29N5O3. The summed E-state index contributed by atoms with van der Waals surface area (Å²) in [5.74, 6) is 1.25. The van der Waals surface area contributed by atoms with Crippen LogP contribution in [0.2, 0.25) is 0 Å². The predicted octanol–water partition coefficient (Wildman–Crippen LogP) is 3.81. The van der Waals surface area contributed by atoms with Gasteiger partial charge in [-0.2, -0.15) is 0 Å². The first kappa shape index (κ1) is 20.5. The standard InChI is InChI=1S/C24H29N5O3/c1-24(2,3)32-23(30)28-14-17-11-18(28)13-27(17)15-6-5-7-16(10-15)29-21-12-19(31-4)8-9-20(21)22(25)26-29/h5-10,12,17-18H,11,13-14H2,1-4H3,(H2,25,26)/t17-,18-/m0/s1. The van der Waals surface area contributed by atoms with E-state index in [0.29, 0.717) is 12.4 Å². The number of anilines is 2. The fourth-order valence-corrected chi connectivity index (χ4v) is 4.77. The van der Waals surface area contributed by atoms with Crippen LogP contribution < -0.4 is 15.4 Å². The van der Waals surface area contributed by atoms with Crippen LogP contribution in [0.1, 0.15) is 27.2 Å². The molecule has 2 bridgehead atoms. The number of rotatable bonds is 3. The lowest BCUT2D eigenvalue weighted by atomic mass is 10.2. The fourth-order valence-electron chi connectivity index (χ4n) is 4.77. The molecule has 168 valence electrons. The van der Waals surface area contributed by atoms with E-state index < -0.39 is 5.60 Å². The second-order valence-corrected chi connectivity index (χ2v) is 9.53. The Hall–Kier alpha value is -3.42. The van der Waals surface area contributed by atoms with Crippen molar-refractivity contribution in [3.63, 3.8) is 0 Å². The van der Waals surface area contributed by atoms with E-state index in [1.54, 1.807) is 7.11 Å². The maximum absolute atomic E-state index is 12.6. The van der Waals surface area contributed by atoms with E-state index in [-0.39, 0.29) is 18.2 Å². The van der Waals surface area contributed by atoms with Crippen LogP contribution in [0.3, 0.4) is 0 Å². The van der Waals surface area contributed by atoms with Crippen molar-refractivity contribution in [3.8, 4) is 11.4 Å². The third-order valence-corrected chi connectivity index (χ3v) is 6.19. The first-order valence-electron chi connectivity index (χ1n) is 10.9. The minimum Gasteiger partial charge on any atom is -0.497 e. The van der Waals surface area contributed by atoms with Crippen molar-refractivity contribution in [2.24, 2.45) is 0 Å². The van der Waals surface area contributed by atoms with Gasteiger partial charge in [0.2, 0.25) is 0 Å². The average molecular weight is 436 g/mol. The molecule has 1 amide bonds. The molecule has 2 aliphatic heterocycles. The summed E-state index contributed by atoms with van der Waals surface area (Å²) >= 11 is 0. The zero-order valence-corrected chi connectivity index (χ0v) is 18.9. The van der Waals surface area contributed by atoms with Gasteiger partial charge in [-0.15, -0.1) is 5.10 Å². The number of amides is 1. The summed E-state index contributed by atoms with van der Waals surface area (Å²) < 4.78 is 12.8. The molecule has 0 aliphatic carbocycles. The van der Waals surface area contributed by atoms with E-state index in [1.165, 1.54) is 0 Å². The van der Waals surface area contributed by atoms with E-state index in [4.69, 9.17) is 15.2 Å². The van der Waals surface area contributed by atoms with Crippen LogP contribution >= 0.6 is 0 Å². The molecule has 3 heterocycles. The highest BCUT2D eigenvalue weighted by molar-refractivity contribution is 5.91. The Morgan fingerprint density at radius 1 is 1.09 bits per heavy atom. The second-order valence-electron chi connectivity index (χ2n) is 9.53. The molecule has 2 saturated heterocycles. The van der Waals surface area contributed by atoms with Crippen molar-refractivity contribution in [3.05, 3.63) is 42.5 Å². The van der Waals surface area contributed by atoms with Crippen LogP contribution in [-0.4, -0.2) is 58.7 Å². The topological polar surface area (TPSA) is 85.9 Å². The van der Waals surface area contributed by atoms with Gasteiger partial charge in [-0.1, -0.05) is 6.07 Å². The molecule has 0 saturated carbocycles. The van der Waals surface area contributed by atoms with Crippen molar-refractivity contribution >= 4 is 28.5 Å². The smallest absolute Gasteiger partial charge is 0.410 e. The normalized spacial score (nSPS) is 20.2. The lowest BCUT2D eigenvalue weighted by Crippen LogP contribution is -2.50. The summed E-state index contributed by atoms with van der Waals surface area (Å²) in [6.07, 6.45) is 0.740. The highest BCUT2D eigenvalue weighted by atomic mass is 16.6. The molecule has 1 aromatic heterocycles. The van der Waals surface area contributed by atoms with Gasteiger partial charge in [0.1, 0.15) is 11.4 Å². The quantitative estimate of drug-likeness (QED) is 0.673. The minimum absolute atomic E-state index is 0.170. The molecular weight excluding hydrogens is 406 g/mol. The van der Waals surface area contributed by atoms with E-state index in [1.807, 2.05) is 60.7 Å². The Kier molecular flexibility index (Phi) is 4.69. The zero-order chi connectivity index (χ0) is 22.6. The Bertz CT molecular complexity index is 1180. The molecule has 2 aliphatic rings. The highest BCUT2D eigenvalue weighted by Crippen LogP contribution is 2.36. The number of carbonyl (C=O) groups is 1. The number of benzene rings is 2. The molecule has 2 atom stereocenters. The lowest BCUT2D eigenvalue weighted by Gasteiger charge is -2.36. The van der Waals surface area contributed by atoms with E-state index in [0.717, 1.165) is 41.0 Å². The van der Waals surface area contributed by atoms with Crippen molar-refractivity contribution in [1.82, 2.24) is 14.7 Å². The summed E-state index contributed by atoms with van der Waals surface area (Å²) in [6, 6.07) is 14.5. The average Bonchev–Trinajstić information content (AvgIpc) is 3.45. The van der Waals surface area contributed by atoms with Crippen molar-refractivity contribution < 1.29 is 14.3 Å². The highest BCUT2D eigenvalue weighted by Gasteiger charge is 2.46. The molecule has 0 radical (unpaired) electrons. The van der Waals surface area contributed by atoms with Crippen LogP contribution in [0.25, 0.3) is 16.6 Å². The molecule has 5 rings (SSSR count). The summed E-state index contributed by atoms with van der Waals surface area (Å²) in [7, 11) is 1.65. The minimum atomic E-state index is -0.482. The Morgan fingerprint density at radius 3 is 2.56 bits per heavy atom. The number of hydrogen-bond acceptors (Lipinski definition) is 6. The molecule has 8 heteroatoms. The summed E-state index contributed by atoms with van der Waals surface area (Å²) in [5.41, 5.74) is 8.64. The summed E-state index contributed by atoms with van der Waals surface area (Å²) in [4.78, 5) is 16.8. The number of nitrogens with two attached hydrogens (primary N) is 1. The molecule has 2 fully saturated rings. The molecule has 0 spiro atoms. The third kappa shape index (κ3) is 3.49. The van der Waals surface area contributed by atoms with E-state index in [2.05, 4.69) is 22.1 Å². The Balaban J connectivity index is 1.40. The first-order valence-corrected chi connectivity index (χ1v) is 10.9. The molecule has 32 heavy (non-hydrogen) atoms. The lowest BCUT2D eigenvalue weighted by molar-refractivity contribution is 0.0214. The van der Waals surface area contributed by atoms with Gasteiger partial charge in [-0.25, -0.2) is 9.48 Å². The van der Waals surface area contributed by atoms with Crippen LogP contribution in [0.5, 0.6) is 5.75 Å². The number of fused-ring (bicyclic) bond motifs is 3. The van der Waals surface area contributed by atoms with Crippen molar-refractivity contribution in [1.29, 1.82) is 0 Å². The van der Waals surface area contributed by atoms with Crippen LogP contribution in [0.4, 0.5) is 16.3 Å². The predicted molar refractivity (Wildman–Crippen MR) is 125 cm³/mol. The number of nitrogens with zero attached hydrogens (tertiary/aromatic N) is 4. The van der Waals surface area contributed by atoms with Gasteiger partial charge >= 0.3 is 6.09 Å². The number of carbonyl (C=O) groups excluding carboxylic acids is 1. The maximum Gasteiger partial charge on any atom is 0.410 e. The molecule has 0 unspecified atom stereocenters. The van der Waals surface area contributed by atoms with E-state index in [9.17, 15) is 4.79 Å². The van der Waals surface area contributed by atoms with Gasteiger partial charge in [-0.3, -0.25) is 0 Å². The first-order chi connectivity index (χ1) is 15.2. The number of hydrogen-bond donors (Lipinski definition) is 1. The fraction of sp³-hybridized carbons (Fsp3) is 0.417. The van der Waals surface area contributed by atoms with Crippen LogP contribution in [-0.2, 0) is 4.74 Å². The van der Waals surface area contributed by atoms with Gasteiger partial charge in [-0.05, 0) is 57.5 Å². The number of methoxy groups -OCH3 is 1. The third-order valence-electron chi connectivity index (χ3n) is 6.19. The van der Waals surface area contributed by atoms with Crippen molar-refractivity contribution in [2.45, 2.75) is 44.9 Å². The number of piperazine rings is 1. The van der Waals surface area contributed by atoms with Gasteiger partial charge in [0.25, 0.3) is 0 Å². The van der Waals surface area contributed by atoms with Crippen LogP contribution in [0.15, 0.2) is 42.5 Å². The largest absolute Gasteiger partial charge is 0.497 e. The second kappa shape index (κ2) is 7.32. The maximum atomic E-state index is 12.6. The zero-order valence-electron chi connectivity index (χ0n) is 18.9. The number of likely N-dealkylation sites (tertiary alicyclic amines) is 1. The molecule has 2 aromatic carbocycles. The monoisotopic (exact) mass is 435 g/mol. The SMILES string of the molecule is COc1ccc2c(N)nn(-c3cccc(N4C[C@@H]5C[C@H]4CN5C(=O)OC(C)(C)C)c3)c2c1. The number of ether oxygens (including phenoxy) is 2. The van der Waals surface area contributed by atoms with Gasteiger partial charge < -0.3 is 25.0 Å². The number of nitrogen functional groups attached to an aromatic ring is 1. The van der Waals surface area contributed by atoms with Gasteiger partial charge in [0.15, 0.2) is 5.82 Å². The Morgan fingerprint density at radius 2 is 1.88 bits per heavy atom. The summed E-state index contributed by atoms with van der Waals surface area (Å²) in [5, 5.41) is 5.46. The van der Waals surface area contributed by atoms with Crippen LogP contribution in [0, 0.1) is 0 Å². The Labute approximate surface area is 187 Å². The van der Waals surface area contributed by atoms with Gasteiger partial charge in [0.05, 0.1) is 24.4 Å². The van der Waals surface area contributed by atoms with E-state index >= 15 is 0 Å².